The number of aromatic nitrogens is 2. The summed E-state index contributed by atoms with van der Waals surface area (Å²) in [5, 5.41) is 20.4. The lowest BCUT2D eigenvalue weighted by Gasteiger charge is -2.16. The fourth-order valence-electron chi connectivity index (χ4n) is 4.37. The van der Waals surface area contributed by atoms with E-state index >= 15 is 0 Å². The SMILES string of the molecule is Cc1ccc(NC(=O)C[C@H](CCC(=O)O)c2noc(-c3cc(CCC(C)(C)C)on3)c2C2CC2)c(F)c1. The summed E-state index contributed by atoms with van der Waals surface area (Å²) in [6, 6.07) is 6.44. The summed E-state index contributed by atoms with van der Waals surface area (Å²) >= 11 is 0. The summed E-state index contributed by atoms with van der Waals surface area (Å²) in [4.78, 5) is 24.3. The minimum Gasteiger partial charge on any atom is -0.481 e. The molecule has 2 N–H and O–H groups in total. The maximum atomic E-state index is 14.3. The van der Waals surface area contributed by atoms with Gasteiger partial charge in [0.1, 0.15) is 11.6 Å². The maximum absolute atomic E-state index is 14.3. The van der Waals surface area contributed by atoms with Crippen molar-refractivity contribution in [2.45, 2.75) is 84.5 Å². The fourth-order valence-corrected chi connectivity index (χ4v) is 4.37. The van der Waals surface area contributed by atoms with Gasteiger partial charge in [0.25, 0.3) is 0 Å². The van der Waals surface area contributed by atoms with Gasteiger partial charge in [-0.3, -0.25) is 9.59 Å². The number of aliphatic carboxylic acids is 1. The molecule has 2 heterocycles. The Labute approximate surface area is 215 Å². The lowest BCUT2D eigenvalue weighted by molar-refractivity contribution is -0.137. The summed E-state index contributed by atoms with van der Waals surface area (Å²) in [6.07, 6.45) is 3.58. The van der Waals surface area contributed by atoms with E-state index in [-0.39, 0.29) is 36.3 Å². The van der Waals surface area contributed by atoms with E-state index in [4.69, 9.17) is 9.05 Å². The summed E-state index contributed by atoms with van der Waals surface area (Å²) in [6.45, 7) is 8.26. The zero-order chi connectivity index (χ0) is 26.7. The van der Waals surface area contributed by atoms with Crippen molar-refractivity contribution in [2.24, 2.45) is 5.41 Å². The molecular formula is C28H34FN3O5. The van der Waals surface area contributed by atoms with Gasteiger partial charge in [-0.05, 0) is 61.6 Å². The Kier molecular flexibility index (Phi) is 7.80. The summed E-state index contributed by atoms with van der Waals surface area (Å²) in [5.41, 5.74) is 2.96. The first-order chi connectivity index (χ1) is 17.5. The molecule has 1 fully saturated rings. The average Bonchev–Trinajstić information content (AvgIpc) is 3.37. The van der Waals surface area contributed by atoms with E-state index in [1.54, 1.807) is 13.0 Å². The van der Waals surface area contributed by atoms with Crippen molar-refractivity contribution in [3.05, 3.63) is 52.7 Å². The Morgan fingerprint density at radius 2 is 1.95 bits per heavy atom. The van der Waals surface area contributed by atoms with Crippen molar-refractivity contribution in [1.82, 2.24) is 10.3 Å². The molecular weight excluding hydrogens is 477 g/mol. The predicted octanol–water partition coefficient (Wildman–Crippen LogP) is 6.61. The second kappa shape index (κ2) is 10.9. The quantitative estimate of drug-likeness (QED) is 0.297. The second-order valence-electron chi connectivity index (χ2n) is 11.2. The van der Waals surface area contributed by atoms with Gasteiger partial charge in [-0.1, -0.05) is 37.2 Å². The van der Waals surface area contributed by atoms with Gasteiger partial charge in [-0.25, -0.2) is 4.39 Å². The minimum atomic E-state index is -0.966. The van der Waals surface area contributed by atoms with Crippen LogP contribution >= 0.6 is 0 Å². The average molecular weight is 512 g/mol. The van der Waals surface area contributed by atoms with Crippen LogP contribution in [0.1, 0.15) is 93.7 Å². The van der Waals surface area contributed by atoms with E-state index in [9.17, 15) is 19.1 Å². The van der Waals surface area contributed by atoms with Gasteiger partial charge >= 0.3 is 5.97 Å². The number of anilines is 1. The highest BCUT2D eigenvalue weighted by molar-refractivity contribution is 5.91. The topological polar surface area (TPSA) is 118 Å². The lowest BCUT2D eigenvalue weighted by Crippen LogP contribution is -2.18. The van der Waals surface area contributed by atoms with E-state index in [1.807, 2.05) is 6.07 Å². The molecule has 37 heavy (non-hydrogen) atoms. The standard InChI is InChI=1S/C28H34FN3O5/c1-16-5-9-21(20(29)13-16)30-23(33)14-18(8-10-24(34)35)26-25(17-6-7-17)27(37-32-26)22-15-19(36-31-22)11-12-28(2,3)4/h5,9,13,15,17-18H,6-8,10-12,14H2,1-4H3,(H,30,33)(H,34,35)/t18-/m0/s1. The number of nitrogens with one attached hydrogen (secondary N) is 1. The Hall–Kier alpha value is -3.49. The lowest BCUT2D eigenvalue weighted by atomic mass is 9.89. The van der Waals surface area contributed by atoms with E-state index in [2.05, 4.69) is 36.4 Å². The summed E-state index contributed by atoms with van der Waals surface area (Å²) in [5.74, 6) is -0.950. The van der Waals surface area contributed by atoms with E-state index < -0.39 is 23.6 Å². The van der Waals surface area contributed by atoms with Crippen LogP contribution in [0, 0.1) is 18.2 Å². The van der Waals surface area contributed by atoms with Gasteiger partial charge in [0.15, 0.2) is 11.5 Å². The molecule has 8 nitrogen and oxygen atoms in total. The van der Waals surface area contributed by atoms with E-state index in [1.165, 1.54) is 12.1 Å². The van der Waals surface area contributed by atoms with Crippen LogP contribution in [0.4, 0.5) is 10.1 Å². The van der Waals surface area contributed by atoms with Crippen LogP contribution < -0.4 is 5.32 Å². The van der Waals surface area contributed by atoms with Crippen LogP contribution in [0.15, 0.2) is 33.3 Å². The molecule has 0 bridgehead atoms. The molecule has 1 saturated carbocycles. The molecule has 0 aliphatic heterocycles. The number of nitrogens with zero attached hydrogens (tertiary/aromatic N) is 2. The van der Waals surface area contributed by atoms with Crippen molar-refractivity contribution in [3.63, 3.8) is 0 Å². The normalized spacial score (nSPS) is 14.5. The zero-order valence-electron chi connectivity index (χ0n) is 21.8. The number of amides is 1. The van der Waals surface area contributed by atoms with Gasteiger partial charge in [0.05, 0.1) is 11.4 Å². The molecule has 1 aromatic carbocycles. The highest BCUT2D eigenvalue weighted by Gasteiger charge is 2.37. The fraction of sp³-hybridized carbons (Fsp3) is 0.500. The first kappa shape index (κ1) is 26.6. The smallest absolute Gasteiger partial charge is 0.303 e. The number of carboxylic acid groups (broad SMARTS) is 1. The number of rotatable bonds is 11. The van der Waals surface area contributed by atoms with Crippen molar-refractivity contribution in [3.8, 4) is 11.5 Å². The number of carbonyl (C=O) groups is 2. The molecule has 1 amide bonds. The van der Waals surface area contributed by atoms with Crippen LogP contribution in [0.2, 0.25) is 0 Å². The van der Waals surface area contributed by atoms with Gasteiger partial charge in [0.2, 0.25) is 5.91 Å². The molecule has 198 valence electrons. The van der Waals surface area contributed by atoms with Crippen LogP contribution in [0.5, 0.6) is 0 Å². The first-order valence-corrected chi connectivity index (χ1v) is 12.7. The highest BCUT2D eigenvalue weighted by Crippen LogP contribution is 2.48. The number of hydrogen-bond donors (Lipinski definition) is 2. The van der Waals surface area contributed by atoms with Crippen molar-refractivity contribution in [1.29, 1.82) is 0 Å². The Morgan fingerprint density at radius 1 is 1.19 bits per heavy atom. The van der Waals surface area contributed by atoms with Crippen molar-refractivity contribution >= 4 is 17.6 Å². The molecule has 1 aliphatic rings. The number of benzene rings is 1. The molecule has 3 aromatic rings. The van der Waals surface area contributed by atoms with E-state index in [0.29, 0.717) is 17.1 Å². The third kappa shape index (κ3) is 7.05. The molecule has 0 saturated heterocycles. The second-order valence-corrected chi connectivity index (χ2v) is 11.2. The number of carbonyl (C=O) groups excluding carboxylic acids is 1. The molecule has 0 spiro atoms. The molecule has 0 unspecified atom stereocenters. The minimum absolute atomic E-state index is 0.0536. The maximum Gasteiger partial charge on any atom is 0.303 e. The Morgan fingerprint density at radius 3 is 2.59 bits per heavy atom. The van der Waals surface area contributed by atoms with Crippen LogP contribution in [0.25, 0.3) is 11.5 Å². The molecule has 0 radical (unpaired) electrons. The van der Waals surface area contributed by atoms with Crippen molar-refractivity contribution < 1.29 is 28.1 Å². The van der Waals surface area contributed by atoms with Gasteiger partial charge < -0.3 is 19.5 Å². The van der Waals surface area contributed by atoms with Gasteiger partial charge in [0, 0.05) is 36.8 Å². The Bertz CT molecular complexity index is 1270. The largest absolute Gasteiger partial charge is 0.481 e. The monoisotopic (exact) mass is 511 g/mol. The van der Waals surface area contributed by atoms with Gasteiger partial charge in [-0.15, -0.1) is 0 Å². The molecule has 4 rings (SSSR count). The van der Waals surface area contributed by atoms with Crippen LogP contribution in [0.3, 0.4) is 0 Å². The van der Waals surface area contributed by atoms with E-state index in [0.717, 1.165) is 42.6 Å². The third-order valence-electron chi connectivity index (χ3n) is 6.58. The summed E-state index contributed by atoms with van der Waals surface area (Å²) < 4.78 is 25.6. The third-order valence-corrected chi connectivity index (χ3v) is 6.58. The highest BCUT2D eigenvalue weighted by atomic mass is 19.1. The predicted molar refractivity (Wildman–Crippen MR) is 136 cm³/mol. The number of halogens is 1. The first-order valence-electron chi connectivity index (χ1n) is 12.7. The Balaban J connectivity index is 1.58. The number of carboxylic acids is 1. The summed E-state index contributed by atoms with van der Waals surface area (Å²) in [7, 11) is 0. The molecule has 1 aliphatic carbocycles. The molecule has 1 atom stereocenters. The van der Waals surface area contributed by atoms with Gasteiger partial charge in [-0.2, -0.15) is 0 Å². The molecule has 2 aromatic heterocycles. The van der Waals surface area contributed by atoms with Crippen LogP contribution in [-0.4, -0.2) is 27.3 Å². The molecule has 9 heteroatoms. The van der Waals surface area contributed by atoms with Crippen molar-refractivity contribution in [2.75, 3.05) is 5.32 Å². The zero-order valence-corrected chi connectivity index (χ0v) is 21.8. The van der Waals surface area contributed by atoms with Crippen LogP contribution in [-0.2, 0) is 16.0 Å². The number of aryl methyl sites for hydroxylation is 2. The number of hydrogen-bond acceptors (Lipinski definition) is 6.